The molecule has 13 heavy (non-hydrogen) atoms. The molecule has 0 saturated carbocycles. The lowest BCUT2D eigenvalue weighted by atomic mass is 10.3. The fourth-order valence-electron chi connectivity index (χ4n) is 0.729. The van der Waals surface area contributed by atoms with Crippen LogP contribution in [0.1, 0.15) is 0 Å². The van der Waals surface area contributed by atoms with Gasteiger partial charge in [-0.1, -0.05) is 11.6 Å². The van der Waals surface area contributed by atoms with Crippen LogP contribution in [-0.4, -0.2) is 9.13 Å². The Morgan fingerprint density at radius 2 is 2.08 bits per heavy atom. The van der Waals surface area contributed by atoms with Crippen molar-refractivity contribution >= 4 is 38.0 Å². The second-order valence-corrected chi connectivity index (χ2v) is 4.23. The van der Waals surface area contributed by atoms with E-state index in [4.69, 9.17) is 22.3 Å². The van der Waals surface area contributed by atoms with Crippen molar-refractivity contribution in [2.45, 2.75) is 4.90 Å². The summed E-state index contributed by atoms with van der Waals surface area (Å²) in [5.41, 5.74) is -0.187. The van der Waals surface area contributed by atoms with Crippen LogP contribution in [0.4, 0.5) is 5.69 Å². The smallest absolute Gasteiger partial charge is 0.258 e. The maximum atomic E-state index is 10.8. The van der Waals surface area contributed by atoms with Gasteiger partial charge in [-0.15, -0.1) is 0 Å². The van der Waals surface area contributed by atoms with Crippen LogP contribution in [0.15, 0.2) is 23.1 Å². The molecule has 1 rings (SSSR count). The van der Waals surface area contributed by atoms with Crippen LogP contribution >= 0.6 is 22.3 Å². The van der Waals surface area contributed by atoms with Crippen LogP contribution in [0.3, 0.4) is 0 Å². The minimum absolute atomic E-state index is 0.0533. The highest BCUT2D eigenvalue weighted by Crippen LogP contribution is 2.26. The predicted octanol–water partition coefficient (Wildman–Crippen LogP) is 2.51. The highest BCUT2D eigenvalue weighted by molar-refractivity contribution is 8.08. The number of hydrogen-bond donors (Lipinski definition) is 0. The average molecular weight is 240 g/mol. The van der Waals surface area contributed by atoms with Gasteiger partial charge in [-0.2, -0.15) is 0 Å². The Morgan fingerprint density at radius 1 is 1.46 bits per heavy atom. The Bertz CT molecular complexity index is 382. The van der Waals surface area contributed by atoms with E-state index in [1.54, 1.807) is 0 Å². The van der Waals surface area contributed by atoms with E-state index in [0.29, 0.717) is 0 Å². The number of halogens is 2. The molecule has 1 aromatic carbocycles. The zero-order chi connectivity index (χ0) is 10.0. The Balaban J connectivity index is 3.27. The molecular weight excluding hydrogens is 237 g/mol. The molecule has 0 bridgehead atoms. The average Bonchev–Trinajstić information content (AvgIpc) is 2.04. The van der Waals surface area contributed by atoms with Gasteiger partial charge in [-0.25, -0.2) is 4.21 Å². The maximum absolute atomic E-state index is 10.8. The molecule has 0 N–H and O–H groups in total. The van der Waals surface area contributed by atoms with Gasteiger partial charge in [0.05, 0.1) is 14.8 Å². The monoisotopic (exact) mass is 239 g/mol. The Morgan fingerprint density at radius 3 is 2.54 bits per heavy atom. The lowest BCUT2D eigenvalue weighted by molar-refractivity contribution is -0.385. The molecule has 0 amide bonds. The van der Waals surface area contributed by atoms with Crippen LogP contribution in [-0.2, 0) is 10.0 Å². The van der Waals surface area contributed by atoms with Gasteiger partial charge in [0.1, 0.15) is 10.0 Å². The lowest BCUT2D eigenvalue weighted by Gasteiger charge is -1.97. The van der Waals surface area contributed by atoms with Crippen LogP contribution in [0, 0.1) is 10.1 Å². The van der Waals surface area contributed by atoms with Gasteiger partial charge in [-0.05, 0) is 16.7 Å². The molecule has 70 valence electrons. The molecule has 0 radical (unpaired) electrons. The van der Waals surface area contributed by atoms with Crippen LogP contribution in [0.2, 0.25) is 5.02 Å². The van der Waals surface area contributed by atoms with Crippen molar-refractivity contribution in [2.75, 3.05) is 0 Å². The summed E-state index contributed by atoms with van der Waals surface area (Å²) in [6.45, 7) is 0. The summed E-state index contributed by atoms with van der Waals surface area (Å²) in [5, 5.41) is 10.5. The first-order valence-electron chi connectivity index (χ1n) is 3.04. The normalized spacial score (nSPS) is 12.5. The number of hydrogen-bond acceptors (Lipinski definition) is 3. The first-order chi connectivity index (χ1) is 6.02. The quantitative estimate of drug-likeness (QED) is 0.453. The molecule has 0 aromatic heterocycles. The molecule has 7 heteroatoms. The second kappa shape index (κ2) is 4.04. The Hall–Kier alpha value is -0.650. The van der Waals surface area contributed by atoms with E-state index in [1.165, 1.54) is 12.1 Å². The molecule has 4 nitrogen and oxygen atoms in total. The van der Waals surface area contributed by atoms with Crippen molar-refractivity contribution in [2.24, 2.45) is 0 Å². The summed E-state index contributed by atoms with van der Waals surface area (Å²) < 4.78 is 10.8. The SMILES string of the molecule is O=[N+]([O-])c1ccc(Cl)c(S(=O)Cl)c1. The minimum Gasteiger partial charge on any atom is -0.258 e. The number of nitro benzene ring substituents is 1. The van der Waals surface area contributed by atoms with Gasteiger partial charge >= 0.3 is 0 Å². The molecule has 0 saturated heterocycles. The highest BCUT2D eigenvalue weighted by Gasteiger charge is 2.12. The largest absolute Gasteiger partial charge is 0.270 e. The fraction of sp³-hybridized carbons (Fsp3) is 0. The first kappa shape index (κ1) is 10.4. The number of nitrogens with zero attached hydrogens (tertiary/aromatic N) is 1. The Labute approximate surface area is 85.6 Å². The second-order valence-electron chi connectivity index (χ2n) is 2.10. The van der Waals surface area contributed by atoms with Crippen molar-refractivity contribution in [3.05, 3.63) is 33.3 Å². The standard InChI is InChI=1S/C6H3Cl2NO3S/c7-5-2-1-4(9(10)11)3-6(5)13(8)12/h1-3H. The van der Waals surface area contributed by atoms with E-state index in [2.05, 4.69) is 0 Å². The molecule has 1 atom stereocenters. The van der Waals surface area contributed by atoms with Crippen LogP contribution in [0.5, 0.6) is 0 Å². The third kappa shape index (κ3) is 2.40. The highest BCUT2D eigenvalue weighted by atomic mass is 35.7. The summed E-state index contributed by atoms with van der Waals surface area (Å²) in [5.74, 6) is 0. The predicted molar refractivity (Wildman–Crippen MR) is 50.4 cm³/mol. The van der Waals surface area contributed by atoms with E-state index in [0.717, 1.165) is 6.07 Å². The molecule has 0 aliphatic rings. The van der Waals surface area contributed by atoms with Crippen LogP contribution in [0.25, 0.3) is 0 Å². The fourth-order valence-corrected chi connectivity index (χ4v) is 1.99. The molecule has 1 unspecified atom stereocenters. The van der Waals surface area contributed by atoms with Crippen molar-refractivity contribution < 1.29 is 9.13 Å². The van der Waals surface area contributed by atoms with Crippen molar-refractivity contribution in [1.82, 2.24) is 0 Å². The topological polar surface area (TPSA) is 60.2 Å². The molecule has 0 aliphatic carbocycles. The van der Waals surface area contributed by atoms with E-state index < -0.39 is 14.9 Å². The van der Waals surface area contributed by atoms with Gasteiger partial charge in [0.2, 0.25) is 0 Å². The van der Waals surface area contributed by atoms with E-state index >= 15 is 0 Å². The summed E-state index contributed by atoms with van der Waals surface area (Å²) in [6.07, 6.45) is 0. The molecule has 1 aromatic rings. The Kier molecular flexibility index (Phi) is 3.24. The summed E-state index contributed by atoms with van der Waals surface area (Å²) in [6, 6.07) is 3.59. The number of non-ortho nitro benzene ring substituents is 1. The molecular formula is C6H3Cl2NO3S. The van der Waals surface area contributed by atoms with E-state index in [9.17, 15) is 14.3 Å². The summed E-state index contributed by atoms with van der Waals surface area (Å²) in [7, 11) is 3.42. The zero-order valence-electron chi connectivity index (χ0n) is 6.07. The maximum Gasteiger partial charge on any atom is 0.270 e. The van der Waals surface area contributed by atoms with Crippen molar-refractivity contribution in [1.29, 1.82) is 0 Å². The summed E-state index contributed by atoms with van der Waals surface area (Å²) in [4.78, 5) is 9.75. The number of benzene rings is 1. The minimum atomic E-state index is -1.83. The van der Waals surface area contributed by atoms with Gasteiger partial charge in [-0.3, -0.25) is 10.1 Å². The van der Waals surface area contributed by atoms with Gasteiger partial charge in [0.15, 0.2) is 0 Å². The molecule has 0 aliphatic heterocycles. The van der Waals surface area contributed by atoms with E-state index in [1.807, 2.05) is 0 Å². The van der Waals surface area contributed by atoms with Gasteiger partial charge < -0.3 is 0 Å². The molecule has 0 fully saturated rings. The molecule has 0 spiro atoms. The number of rotatable bonds is 2. The first-order valence-corrected chi connectivity index (χ1v) is 5.39. The molecule has 0 heterocycles. The van der Waals surface area contributed by atoms with E-state index in [-0.39, 0.29) is 15.6 Å². The third-order valence-electron chi connectivity index (χ3n) is 1.30. The lowest BCUT2D eigenvalue weighted by Crippen LogP contribution is -1.90. The summed E-state index contributed by atoms with van der Waals surface area (Å²) >= 11 is 5.60. The van der Waals surface area contributed by atoms with Crippen molar-refractivity contribution in [3.8, 4) is 0 Å². The third-order valence-corrected chi connectivity index (χ3v) is 2.92. The van der Waals surface area contributed by atoms with Gasteiger partial charge in [0, 0.05) is 12.1 Å². The van der Waals surface area contributed by atoms with Crippen molar-refractivity contribution in [3.63, 3.8) is 0 Å². The van der Waals surface area contributed by atoms with Crippen LogP contribution < -0.4 is 0 Å². The van der Waals surface area contributed by atoms with Gasteiger partial charge in [0.25, 0.3) is 5.69 Å². The zero-order valence-corrected chi connectivity index (χ0v) is 8.40. The number of nitro groups is 1.